The molecule has 0 amide bonds. The molecule has 5 heteroatoms. The first-order valence-electron chi connectivity index (χ1n) is 3.95. The van der Waals surface area contributed by atoms with Crippen LogP contribution in [-0.2, 0) is 19.1 Å². The average molecular weight is 187 g/mol. The standard InChI is InChI=1S/C8H13NO4/c1-7(2,3)13-6(11)8(9)4-12-5(8)10/h4,9H2,1-3H3/t8-/m1/s1. The number of carbonyl (C=O) groups is 2. The highest BCUT2D eigenvalue weighted by molar-refractivity contribution is 6.08. The van der Waals surface area contributed by atoms with Crippen LogP contribution in [0.2, 0.25) is 0 Å². The van der Waals surface area contributed by atoms with Gasteiger partial charge in [0.1, 0.15) is 12.2 Å². The first-order valence-corrected chi connectivity index (χ1v) is 3.95. The average Bonchev–Trinajstić information content (AvgIpc) is 1.97. The van der Waals surface area contributed by atoms with Crippen LogP contribution in [0.4, 0.5) is 0 Å². The molecule has 13 heavy (non-hydrogen) atoms. The van der Waals surface area contributed by atoms with Crippen LogP contribution in [0.3, 0.4) is 0 Å². The molecule has 0 aromatic carbocycles. The molecule has 1 rings (SSSR count). The Bertz CT molecular complexity index is 255. The van der Waals surface area contributed by atoms with E-state index in [9.17, 15) is 9.59 Å². The first kappa shape index (κ1) is 9.98. The fourth-order valence-electron chi connectivity index (χ4n) is 0.798. The van der Waals surface area contributed by atoms with E-state index in [-0.39, 0.29) is 6.61 Å². The normalized spacial score (nSPS) is 27.5. The van der Waals surface area contributed by atoms with Gasteiger partial charge in [-0.15, -0.1) is 0 Å². The number of cyclic esters (lactones) is 1. The van der Waals surface area contributed by atoms with Crippen molar-refractivity contribution in [2.75, 3.05) is 6.61 Å². The highest BCUT2D eigenvalue weighted by atomic mass is 16.6. The number of hydrogen-bond donors (Lipinski definition) is 1. The molecular weight excluding hydrogens is 174 g/mol. The monoisotopic (exact) mass is 187 g/mol. The first-order chi connectivity index (χ1) is 5.76. The molecule has 74 valence electrons. The van der Waals surface area contributed by atoms with Gasteiger partial charge >= 0.3 is 11.9 Å². The van der Waals surface area contributed by atoms with E-state index in [1.165, 1.54) is 0 Å². The van der Waals surface area contributed by atoms with Crippen molar-refractivity contribution in [3.05, 3.63) is 0 Å². The Kier molecular flexibility index (Phi) is 2.07. The Morgan fingerprint density at radius 1 is 1.62 bits per heavy atom. The molecule has 2 N–H and O–H groups in total. The van der Waals surface area contributed by atoms with Gasteiger partial charge in [0.05, 0.1) is 0 Å². The summed E-state index contributed by atoms with van der Waals surface area (Å²) in [5, 5.41) is 0. The van der Waals surface area contributed by atoms with Crippen LogP contribution in [0.15, 0.2) is 0 Å². The van der Waals surface area contributed by atoms with Gasteiger partial charge in [-0.2, -0.15) is 0 Å². The Balaban J connectivity index is 2.64. The molecule has 1 saturated heterocycles. The van der Waals surface area contributed by atoms with Crippen LogP contribution in [-0.4, -0.2) is 29.7 Å². The minimum absolute atomic E-state index is 0.0965. The zero-order valence-electron chi connectivity index (χ0n) is 7.92. The van der Waals surface area contributed by atoms with Crippen molar-refractivity contribution in [2.45, 2.75) is 31.9 Å². The molecule has 1 aliphatic rings. The van der Waals surface area contributed by atoms with Crippen LogP contribution < -0.4 is 5.73 Å². The lowest BCUT2D eigenvalue weighted by atomic mass is 9.98. The molecule has 1 atom stereocenters. The van der Waals surface area contributed by atoms with Gasteiger partial charge in [-0.05, 0) is 20.8 Å². The number of nitrogens with two attached hydrogens (primary N) is 1. The third-order valence-electron chi connectivity index (χ3n) is 1.56. The number of esters is 2. The number of carbonyl (C=O) groups excluding carboxylic acids is 2. The zero-order valence-corrected chi connectivity index (χ0v) is 7.92. The molecule has 0 spiro atoms. The second kappa shape index (κ2) is 2.70. The quantitative estimate of drug-likeness (QED) is 0.445. The van der Waals surface area contributed by atoms with E-state index in [1.54, 1.807) is 20.8 Å². The van der Waals surface area contributed by atoms with Crippen LogP contribution >= 0.6 is 0 Å². The van der Waals surface area contributed by atoms with E-state index in [0.717, 1.165) is 0 Å². The Labute approximate surface area is 76.2 Å². The van der Waals surface area contributed by atoms with E-state index < -0.39 is 23.1 Å². The summed E-state index contributed by atoms with van der Waals surface area (Å²) in [5.74, 6) is -1.45. The lowest BCUT2D eigenvalue weighted by Crippen LogP contribution is -2.68. The molecule has 1 heterocycles. The molecule has 0 bridgehead atoms. The van der Waals surface area contributed by atoms with Crippen molar-refractivity contribution in [1.82, 2.24) is 0 Å². The van der Waals surface area contributed by atoms with Gasteiger partial charge in [-0.3, -0.25) is 0 Å². The molecule has 5 nitrogen and oxygen atoms in total. The summed E-state index contributed by atoms with van der Waals surface area (Å²) in [7, 11) is 0. The molecule has 0 radical (unpaired) electrons. The van der Waals surface area contributed by atoms with Gasteiger partial charge in [0.25, 0.3) is 0 Å². The van der Waals surface area contributed by atoms with E-state index in [1.807, 2.05) is 0 Å². The summed E-state index contributed by atoms with van der Waals surface area (Å²) in [5.41, 5.74) is 3.23. The van der Waals surface area contributed by atoms with E-state index in [2.05, 4.69) is 4.74 Å². The van der Waals surface area contributed by atoms with Crippen molar-refractivity contribution in [1.29, 1.82) is 0 Å². The topological polar surface area (TPSA) is 78.6 Å². The highest BCUT2D eigenvalue weighted by Crippen LogP contribution is 2.20. The molecule has 0 aromatic rings. The molecule has 0 unspecified atom stereocenters. The van der Waals surface area contributed by atoms with Crippen LogP contribution in [0.25, 0.3) is 0 Å². The van der Waals surface area contributed by atoms with Gasteiger partial charge < -0.3 is 15.2 Å². The third-order valence-corrected chi connectivity index (χ3v) is 1.56. The summed E-state index contributed by atoms with van der Waals surface area (Å²) in [6.07, 6.45) is 0. The van der Waals surface area contributed by atoms with E-state index in [4.69, 9.17) is 10.5 Å². The van der Waals surface area contributed by atoms with Gasteiger partial charge in [0.15, 0.2) is 0 Å². The largest absolute Gasteiger partial charge is 0.461 e. The van der Waals surface area contributed by atoms with Crippen molar-refractivity contribution in [3.8, 4) is 0 Å². The number of ether oxygens (including phenoxy) is 2. The number of hydrogen-bond acceptors (Lipinski definition) is 5. The lowest BCUT2D eigenvalue weighted by Gasteiger charge is -2.35. The lowest BCUT2D eigenvalue weighted by molar-refractivity contribution is -0.190. The fraction of sp³-hybridized carbons (Fsp3) is 0.750. The van der Waals surface area contributed by atoms with Gasteiger partial charge in [0, 0.05) is 0 Å². The Morgan fingerprint density at radius 2 is 2.15 bits per heavy atom. The summed E-state index contributed by atoms with van der Waals surface area (Å²) >= 11 is 0. The van der Waals surface area contributed by atoms with Crippen LogP contribution in [0.5, 0.6) is 0 Å². The number of rotatable bonds is 1. The molecular formula is C8H13NO4. The maximum Gasteiger partial charge on any atom is 0.342 e. The minimum Gasteiger partial charge on any atom is -0.461 e. The SMILES string of the molecule is CC(C)(C)OC(=O)[C@@]1(N)COC1=O. The van der Waals surface area contributed by atoms with E-state index in [0.29, 0.717) is 0 Å². The molecule has 0 aromatic heterocycles. The van der Waals surface area contributed by atoms with Crippen molar-refractivity contribution < 1.29 is 19.1 Å². The summed E-state index contributed by atoms with van der Waals surface area (Å²) in [6.45, 7) is 5.02. The molecule has 1 aliphatic heterocycles. The van der Waals surface area contributed by atoms with Crippen molar-refractivity contribution in [3.63, 3.8) is 0 Å². The van der Waals surface area contributed by atoms with Crippen molar-refractivity contribution >= 4 is 11.9 Å². The van der Waals surface area contributed by atoms with Gasteiger partial charge in [-0.25, -0.2) is 9.59 Å². The second-order valence-corrected chi connectivity index (χ2v) is 4.05. The molecule has 1 fully saturated rings. The Morgan fingerprint density at radius 3 is 2.38 bits per heavy atom. The van der Waals surface area contributed by atoms with Crippen molar-refractivity contribution in [2.24, 2.45) is 5.73 Å². The summed E-state index contributed by atoms with van der Waals surface area (Å²) in [4.78, 5) is 22.2. The maximum absolute atomic E-state index is 11.3. The second-order valence-electron chi connectivity index (χ2n) is 4.05. The maximum atomic E-state index is 11.3. The van der Waals surface area contributed by atoms with Crippen LogP contribution in [0, 0.1) is 0 Å². The fourth-order valence-corrected chi connectivity index (χ4v) is 0.798. The minimum atomic E-state index is -1.58. The van der Waals surface area contributed by atoms with Crippen LogP contribution in [0.1, 0.15) is 20.8 Å². The predicted octanol–water partition coefficient (Wildman–Crippen LogP) is -0.418. The zero-order chi connectivity index (χ0) is 10.3. The molecule has 0 saturated carbocycles. The summed E-state index contributed by atoms with van der Waals surface area (Å²) in [6, 6.07) is 0. The predicted molar refractivity (Wildman–Crippen MR) is 43.7 cm³/mol. The molecule has 0 aliphatic carbocycles. The third kappa shape index (κ3) is 1.80. The van der Waals surface area contributed by atoms with E-state index >= 15 is 0 Å². The highest BCUT2D eigenvalue weighted by Gasteiger charge is 2.55. The smallest absolute Gasteiger partial charge is 0.342 e. The Hall–Kier alpha value is -1.10. The van der Waals surface area contributed by atoms with Gasteiger partial charge in [0.2, 0.25) is 5.54 Å². The summed E-state index contributed by atoms with van der Waals surface area (Å²) < 4.78 is 9.37. The van der Waals surface area contributed by atoms with Gasteiger partial charge in [-0.1, -0.05) is 0 Å².